The highest BCUT2D eigenvalue weighted by atomic mass is 16.5. The van der Waals surface area contributed by atoms with Gasteiger partial charge in [0, 0.05) is 0 Å². The third-order valence-electron chi connectivity index (χ3n) is 3.36. The monoisotopic (exact) mass is 277 g/mol. The zero-order chi connectivity index (χ0) is 14.6. The molecule has 1 amide bonds. The van der Waals surface area contributed by atoms with Crippen LogP contribution in [0.1, 0.15) is 64.0 Å². The number of amides is 1. The van der Waals surface area contributed by atoms with Gasteiger partial charge in [0.05, 0.1) is 12.6 Å². The number of alkyl carbamates (subject to hydrolysis) is 1. The molecule has 3 nitrogen and oxygen atoms in total. The summed E-state index contributed by atoms with van der Waals surface area (Å²) in [6.07, 6.45) is 6.85. The molecule has 1 atom stereocenters. The van der Waals surface area contributed by atoms with Crippen molar-refractivity contribution in [1.82, 2.24) is 5.32 Å². The van der Waals surface area contributed by atoms with Crippen LogP contribution in [-0.2, 0) is 4.74 Å². The van der Waals surface area contributed by atoms with Crippen molar-refractivity contribution < 1.29 is 9.53 Å². The molecule has 0 aliphatic carbocycles. The molecule has 1 aromatic carbocycles. The molecule has 0 saturated carbocycles. The Morgan fingerprint density at radius 1 is 1.10 bits per heavy atom. The molecule has 0 bridgehead atoms. The Bertz CT molecular complexity index is 365. The van der Waals surface area contributed by atoms with Crippen molar-refractivity contribution in [3.8, 4) is 0 Å². The Balaban J connectivity index is 2.08. The van der Waals surface area contributed by atoms with Gasteiger partial charge in [-0.3, -0.25) is 0 Å². The highest BCUT2D eigenvalue weighted by Crippen LogP contribution is 2.11. The molecule has 20 heavy (non-hydrogen) atoms. The summed E-state index contributed by atoms with van der Waals surface area (Å²) in [5.41, 5.74) is 1.09. The Kier molecular flexibility index (Phi) is 8.52. The normalized spacial score (nSPS) is 11.9. The molecule has 1 aromatic rings. The number of rotatable bonds is 9. The third-order valence-corrected chi connectivity index (χ3v) is 3.36. The largest absolute Gasteiger partial charge is 0.450 e. The summed E-state index contributed by atoms with van der Waals surface area (Å²) in [7, 11) is 0. The maximum Gasteiger partial charge on any atom is 0.407 e. The van der Waals surface area contributed by atoms with Crippen molar-refractivity contribution in [2.45, 2.75) is 58.4 Å². The first kappa shape index (κ1) is 16.5. The first-order valence-electron chi connectivity index (χ1n) is 7.72. The van der Waals surface area contributed by atoms with Crippen molar-refractivity contribution in [1.29, 1.82) is 0 Å². The molecule has 3 heteroatoms. The Morgan fingerprint density at radius 3 is 2.45 bits per heavy atom. The molecule has 0 unspecified atom stereocenters. The van der Waals surface area contributed by atoms with Crippen LogP contribution in [0.2, 0.25) is 0 Å². The van der Waals surface area contributed by atoms with Gasteiger partial charge in [-0.2, -0.15) is 0 Å². The van der Waals surface area contributed by atoms with Gasteiger partial charge in [0.1, 0.15) is 0 Å². The highest BCUT2D eigenvalue weighted by molar-refractivity contribution is 5.67. The lowest BCUT2D eigenvalue weighted by Gasteiger charge is -2.14. The fourth-order valence-electron chi connectivity index (χ4n) is 2.09. The topological polar surface area (TPSA) is 38.3 Å². The minimum atomic E-state index is -0.324. The summed E-state index contributed by atoms with van der Waals surface area (Å²) >= 11 is 0. The SMILES string of the molecule is CCCCCCCCOC(=O)N[C@H](C)c1ccccc1. The lowest BCUT2D eigenvalue weighted by molar-refractivity contribution is 0.140. The van der Waals surface area contributed by atoms with Gasteiger partial charge in [0.25, 0.3) is 0 Å². The smallest absolute Gasteiger partial charge is 0.407 e. The van der Waals surface area contributed by atoms with Gasteiger partial charge in [-0.25, -0.2) is 4.79 Å². The maximum absolute atomic E-state index is 11.6. The second kappa shape index (κ2) is 10.3. The second-order valence-electron chi connectivity index (χ2n) is 5.18. The quantitative estimate of drug-likeness (QED) is 0.656. The van der Waals surface area contributed by atoms with Gasteiger partial charge in [0.2, 0.25) is 0 Å². The predicted molar refractivity (Wildman–Crippen MR) is 82.7 cm³/mol. The summed E-state index contributed by atoms with van der Waals surface area (Å²) in [6, 6.07) is 9.88. The van der Waals surface area contributed by atoms with Crippen LogP contribution in [-0.4, -0.2) is 12.7 Å². The second-order valence-corrected chi connectivity index (χ2v) is 5.18. The number of ether oxygens (including phenoxy) is 1. The predicted octanol–water partition coefficient (Wildman–Crippen LogP) is 4.83. The van der Waals surface area contributed by atoms with Crippen LogP contribution < -0.4 is 5.32 Å². The molecular formula is C17H27NO2. The van der Waals surface area contributed by atoms with Gasteiger partial charge in [-0.05, 0) is 18.9 Å². The third kappa shape index (κ3) is 7.17. The van der Waals surface area contributed by atoms with E-state index < -0.39 is 0 Å². The minimum absolute atomic E-state index is 0.0201. The van der Waals surface area contributed by atoms with E-state index in [-0.39, 0.29) is 12.1 Å². The number of hydrogen-bond acceptors (Lipinski definition) is 2. The molecule has 1 N–H and O–H groups in total. The summed E-state index contributed by atoms with van der Waals surface area (Å²) in [4.78, 5) is 11.6. The summed E-state index contributed by atoms with van der Waals surface area (Å²) < 4.78 is 5.19. The minimum Gasteiger partial charge on any atom is -0.450 e. The fraction of sp³-hybridized carbons (Fsp3) is 0.588. The standard InChI is InChI=1S/C17H27NO2/c1-3-4-5-6-7-11-14-20-17(19)18-15(2)16-12-9-8-10-13-16/h8-10,12-13,15H,3-7,11,14H2,1-2H3,(H,18,19)/t15-/m1/s1. The van der Waals surface area contributed by atoms with Gasteiger partial charge < -0.3 is 10.1 Å². The number of carbonyl (C=O) groups excluding carboxylic acids is 1. The van der Waals surface area contributed by atoms with Crippen LogP contribution in [0.4, 0.5) is 4.79 Å². The molecule has 0 radical (unpaired) electrons. The number of unbranched alkanes of at least 4 members (excludes halogenated alkanes) is 5. The first-order valence-corrected chi connectivity index (χ1v) is 7.72. The van der Waals surface area contributed by atoms with Crippen LogP contribution in [0.25, 0.3) is 0 Å². The van der Waals surface area contributed by atoms with Crippen molar-refractivity contribution in [2.75, 3.05) is 6.61 Å². The van der Waals surface area contributed by atoms with Gasteiger partial charge in [-0.15, -0.1) is 0 Å². The average molecular weight is 277 g/mol. The molecule has 0 aliphatic rings. The molecule has 0 spiro atoms. The molecule has 0 saturated heterocycles. The van der Waals surface area contributed by atoms with Crippen LogP contribution in [0.5, 0.6) is 0 Å². The summed E-state index contributed by atoms with van der Waals surface area (Å²) in [5, 5.41) is 2.85. The van der Waals surface area contributed by atoms with Crippen LogP contribution in [0.3, 0.4) is 0 Å². The number of carbonyl (C=O) groups is 1. The van der Waals surface area contributed by atoms with Crippen molar-refractivity contribution in [3.05, 3.63) is 35.9 Å². The lowest BCUT2D eigenvalue weighted by Crippen LogP contribution is -2.27. The molecule has 0 fully saturated rings. The molecular weight excluding hydrogens is 250 g/mol. The van der Waals surface area contributed by atoms with E-state index in [1.165, 1.54) is 25.7 Å². The Labute approximate surface area is 122 Å². The maximum atomic E-state index is 11.6. The number of hydrogen-bond donors (Lipinski definition) is 1. The Morgan fingerprint density at radius 2 is 1.75 bits per heavy atom. The van der Waals surface area contributed by atoms with Crippen molar-refractivity contribution in [2.24, 2.45) is 0 Å². The highest BCUT2D eigenvalue weighted by Gasteiger charge is 2.09. The van der Waals surface area contributed by atoms with Gasteiger partial charge >= 0.3 is 6.09 Å². The Hall–Kier alpha value is -1.51. The summed E-state index contributed by atoms with van der Waals surface area (Å²) in [5.74, 6) is 0. The zero-order valence-electron chi connectivity index (χ0n) is 12.7. The lowest BCUT2D eigenvalue weighted by atomic mass is 10.1. The molecule has 0 heterocycles. The van der Waals surface area contributed by atoms with E-state index in [1.54, 1.807) is 0 Å². The van der Waals surface area contributed by atoms with E-state index in [1.807, 2.05) is 37.3 Å². The van der Waals surface area contributed by atoms with E-state index in [4.69, 9.17) is 4.74 Å². The molecule has 0 aliphatic heterocycles. The van der Waals surface area contributed by atoms with Gasteiger partial charge in [-0.1, -0.05) is 69.4 Å². The van der Waals surface area contributed by atoms with E-state index in [9.17, 15) is 4.79 Å². The van der Waals surface area contributed by atoms with Crippen molar-refractivity contribution in [3.63, 3.8) is 0 Å². The summed E-state index contributed by atoms with van der Waals surface area (Å²) in [6.45, 7) is 4.68. The average Bonchev–Trinajstić information content (AvgIpc) is 2.47. The van der Waals surface area contributed by atoms with Crippen LogP contribution >= 0.6 is 0 Å². The first-order chi connectivity index (χ1) is 9.74. The van der Waals surface area contributed by atoms with Crippen molar-refractivity contribution >= 4 is 6.09 Å². The van der Waals surface area contributed by atoms with E-state index in [0.717, 1.165) is 18.4 Å². The van der Waals surface area contributed by atoms with E-state index in [0.29, 0.717) is 6.61 Å². The number of nitrogens with one attached hydrogen (secondary N) is 1. The van der Waals surface area contributed by atoms with E-state index in [2.05, 4.69) is 12.2 Å². The van der Waals surface area contributed by atoms with E-state index >= 15 is 0 Å². The number of benzene rings is 1. The molecule has 1 rings (SSSR count). The van der Waals surface area contributed by atoms with Crippen LogP contribution in [0.15, 0.2) is 30.3 Å². The molecule has 112 valence electrons. The molecule has 0 aromatic heterocycles. The van der Waals surface area contributed by atoms with Gasteiger partial charge in [0.15, 0.2) is 0 Å². The fourth-order valence-corrected chi connectivity index (χ4v) is 2.09. The van der Waals surface area contributed by atoms with Crippen LogP contribution in [0, 0.1) is 0 Å². The zero-order valence-corrected chi connectivity index (χ0v) is 12.7.